The molecule has 1 aliphatic heterocycles. The molecule has 0 aromatic rings. The van der Waals surface area contributed by atoms with Crippen LogP contribution in [0.4, 0.5) is 0 Å². The van der Waals surface area contributed by atoms with E-state index in [2.05, 4.69) is 0 Å². The van der Waals surface area contributed by atoms with Gasteiger partial charge in [0.25, 0.3) is 0 Å². The molecule has 0 unspecified atom stereocenters. The molecule has 0 aromatic carbocycles. The van der Waals surface area contributed by atoms with Crippen LogP contribution in [0.25, 0.3) is 0 Å². The van der Waals surface area contributed by atoms with Crippen molar-refractivity contribution < 1.29 is 9.24 Å². The molecule has 8 heavy (non-hydrogen) atoms. The van der Waals surface area contributed by atoms with Crippen LogP contribution in [0, 0.1) is 0 Å². The Labute approximate surface area is 51.8 Å². The van der Waals surface area contributed by atoms with Crippen molar-refractivity contribution in [3.63, 3.8) is 0 Å². The van der Waals surface area contributed by atoms with E-state index in [1.54, 1.807) is 17.1 Å². The molecule has 0 saturated heterocycles. The van der Waals surface area contributed by atoms with E-state index in [9.17, 15) is 0 Å². The summed E-state index contributed by atoms with van der Waals surface area (Å²) in [4.78, 5) is 1.68. The van der Waals surface area contributed by atoms with E-state index in [1.807, 2.05) is 0 Å². The van der Waals surface area contributed by atoms with Gasteiger partial charge < -0.3 is 0 Å². The summed E-state index contributed by atoms with van der Waals surface area (Å²) in [5.74, 6) is 0. The summed E-state index contributed by atoms with van der Waals surface area (Å²) in [6, 6.07) is 0. The SMILES string of the molecule is O[C]1=[Ge]([OH])[CH]=CC=C1. The first-order valence-electron chi connectivity index (χ1n) is 2.27. The Morgan fingerprint density at radius 1 is 1.38 bits per heavy atom. The van der Waals surface area contributed by atoms with Gasteiger partial charge in [-0.2, -0.15) is 0 Å². The summed E-state index contributed by atoms with van der Waals surface area (Å²) < 4.78 is 9.09. The second-order valence-corrected chi connectivity index (χ2v) is 4.88. The summed E-state index contributed by atoms with van der Waals surface area (Å²) in [6.45, 7) is 0. The second-order valence-electron chi connectivity index (χ2n) is 1.49. The molecule has 42 valence electrons. The van der Waals surface area contributed by atoms with Crippen LogP contribution >= 0.6 is 0 Å². The Morgan fingerprint density at radius 3 is 2.50 bits per heavy atom. The molecule has 0 radical (unpaired) electrons. The molecule has 0 bridgehead atoms. The number of rotatable bonds is 0. The molecule has 0 aromatic heterocycles. The molecule has 0 saturated carbocycles. The number of hydrogen-bond donors (Lipinski definition) is 2. The quantitative estimate of drug-likeness (QED) is 0.491. The molecule has 1 aliphatic rings. The third-order valence-corrected chi connectivity index (χ3v) is 3.40. The van der Waals surface area contributed by atoms with Crippen molar-refractivity contribution in [2.75, 3.05) is 0 Å². The van der Waals surface area contributed by atoms with Gasteiger partial charge in [-0.15, -0.1) is 0 Å². The van der Waals surface area contributed by atoms with E-state index < -0.39 is 14.2 Å². The van der Waals surface area contributed by atoms with Crippen LogP contribution in [0.2, 0.25) is 0 Å². The van der Waals surface area contributed by atoms with Crippen molar-refractivity contribution in [3.8, 4) is 0 Å². The third kappa shape index (κ3) is 1.01. The van der Waals surface area contributed by atoms with Crippen molar-refractivity contribution in [2.45, 2.75) is 0 Å². The maximum atomic E-state index is 8.92. The van der Waals surface area contributed by atoms with Crippen molar-refractivity contribution in [1.29, 1.82) is 0 Å². The molecular formula is C5H6GeO2. The van der Waals surface area contributed by atoms with E-state index in [0.717, 1.165) is 0 Å². The van der Waals surface area contributed by atoms with Gasteiger partial charge in [0.1, 0.15) is 0 Å². The molecule has 0 fully saturated rings. The Bertz CT molecular complexity index is 159. The van der Waals surface area contributed by atoms with E-state index in [-0.39, 0.29) is 4.54 Å². The number of allylic oxidation sites excluding steroid dienone is 2. The summed E-state index contributed by atoms with van der Waals surface area (Å²) in [6.07, 6.45) is 5.01. The van der Waals surface area contributed by atoms with Gasteiger partial charge in [0.15, 0.2) is 0 Å². The average molecular weight is 171 g/mol. The van der Waals surface area contributed by atoms with Crippen molar-refractivity contribution in [3.05, 3.63) is 23.1 Å². The Hall–Kier alpha value is -0.507. The number of aliphatic hydroxyl groups is 1. The zero-order chi connectivity index (χ0) is 5.98. The van der Waals surface area contributed by atoms with Crippen LogP contribution in [0.3, 0.4) is 0 Å². The molecule has 0 aliphatic carbocycles. The third-order valence-electron chi connectivity index (χ3n) is 0.882. The second kappa shape index (κ2) is 2.17. The van der Waals surface area contributed by atoms with E-state index in [1.165, 1.54) is 6.08 Å². The zero-order valence-corrected chi connectivity index (χ0v) is 6.30. The minimum absolute atomic E-state index is 0.174. The normalized spacial score (nSPS) is 17.5. The van der Waals surface area contributed by atoms with Gasteiger partial charge in [-0.25, -0.2) is 0 Å². The predicted octanol–water partition coefficient (Wildman–Crippen LogP) is -0.280. The number of hydrogen-bond acceptors (Lipinski definition) is 2. The summed E-state index contributed by atoms with van der Waals surface area (Å²) in [5.41, 5.74) is 0. The Kier molecular flexibility index (Phi) is 1.53. The van der Waals surface area contributed by atoms with Gasteiger partial charge in [0, 0.05) is 0 Å². The molecule has 2 nitrogen and oxygen atoms in total. The standard InChI is InChI=1S/C5H6GeO2/c7-5-3-1-2-4-6(5)8/h1-4,7-8H. The summed E-state index contributed by atoms with van der Waals surface area (Å²) >= 11 is -2.22. The fraction of sp³-hybridized carbons (Fsp3) is 0. The van der Waals surface area contributed by atoms with Crippen molar-refractivity contribution in [2.24, 2.45) is 0 Å². The summed E-state index contributed by atoms with van der Waals surface area (Å²) in [7, 11) is 0. The molecule has 1 rings (SSSR count). The molecule has 0 amide bonds. The first-order valence-corrected chi connectivity index (χ1v) is 5.47. The first kappa shape index (κ1) is 5.63. The Morgan fingerprint density at radius 2 is 2.12 bits per heavy atom. The van der Waals surface area contributed by atoms with Gasteiger partial charge in [-0.3, -0.25) is 0 Å². The molecule has 0 spiro atoms. The average Bonchev–Trinajstić information content (AvgIpc) is 1.77. The van der Waals surface area contributed by atoms with Crippen molar-refractivity contribution >= 4 is 18.8 Å². The van der Waals surface area contributed by atoms with Crippen LogP contribution in [-0.2, 0) is 0 Å². The predicted molar refractivity (Wildman–Crippen MR) is 33.2 cm³/mol. The number of aliphatic hydroxyl groups excluding tert-OH is 1. The molecule has 0 atom stereocenters. The molecule has 1 heterocycles. The molecule has 3 heteroatoms. The van der Waals surface area contributed by atoms with Gasteiger partial charge in [0.2, 0.25) is 0 Å². The zero-order valence-electron chi connectivity index (χ0n) is 4.20. The topological polar surface area (TPSA) is 40.5 Å². The molecular weight excluding hydrogens is 165 g/mol. The van der Waals surface area contributed by atoms with E-state index in [4.69, 9.17) is 9.24 Å². The van der Waals surface area contributed by atoms with Crippen LogP contribution in [0.1, 0.15) is 0 Å². The first-order chi connectivity index (χ1) is 3.80. The van der Waals surface area contributed by atoms with E-state index in [0.29, 0.717) is 0 Å². The Balaban J connectivity index is 2.97. The summed E-state index contributed by atoms with van der Waals surface area (Å²) in [5, 5.41) is 8.78. The maximum absolute atomic E-state index is 8.92. The fourth-order valence-corrected chi connectivity index (χ4v) is 2.00. The van der Waals surface area contributed by atoms with Gasteiger partial charge in [-0.05, 0) is 0 Å². The van der Waals surface area contributed by atoms with Crippen LogP contribution in [-0.4, -0.2) is 28.0 Å². The van der Waals surface area contributed by atoms with Crippen LogP contribution < -0.4 is 0 Å². The van der Waals surface area contributed by atoms with Crippen LogP contribution in [0.15, 0.2) is 23.1 Å². The van der Waals surface area contributed by atoms with Gasteiger partial charge in [0.05, 0.1) is 0 Å². The van der Waals surface area contributed by atoms with Gasteiger partial charge in [-0.1, -0.05) is 0 Å². The van der Waals surface area contributed by atoms with Gasteiger partial charge >= 0.3 is 51.2 Å². The fourth-order valence-electron chi connectivity index (χ4n) is 0.464. The van der Waals surface area contributed by atoms with Crippen molar-refractivity contribution in [1.82, 2.24) is 0 Å². The minimum atomic E-state index is -2.22. The van der Waals surface area contributed by atoms with Crippen LogP contribution in [0.5, 0.6) is 0 Å². The van der Waals surface area contributed by atoms with E-state index >= 15 is 0 Å². The molecule has 2 N–H and O–H groups in total. The monoisotopic (exact) mass is 172 g/mol.